The van der Waals surface area contributed by atoms with Crippen LogP contribution in [0.5, 0.6) is 0 Å². The number of ether oxygens (including phenoxy) is 1. The normalized spacial score (nSPS) is 40.3. The quantitative estimate of drug-likeness (QED) is 0.561. The number of rotatable bonds is 0. The summed E-state index contributed by atoms with van der Waals surface area (Å²) in [6, 6.07) is 0.256. The van der Waals surface area contributed by atoms with Crippen LogP contribution in [0.15, 0.2) is 0 Å². The van der Waals surface area contributed by atoms with Crippen molar-refractivity contribution < 1.29 is 9.53 Å². The van der Waals surface area contributed by atoms with E-state index in [1.165, 1.54) is 0 Å². The average Bonchev–Trinajstić information content (AvgIpc) is 2.15. The largest absolute Gasteiger partial charge is 0.376 e. The molecular weight excluding hydrogens is 166 g/mol. The summed E-state index contributed by atoms with van der Waals surface area (Å²) >= 11 is 0. The summed E-state index contributed by atoms with van der Waals surface area (Å²) in [5.74, 6) is 0.756. The number of carbonyl (C=O) groups excluding carboxylic acids is 1. The first kappa shape index (κ1) is 9.00. The van der Waals surface area contributed by atoms with E-state index in [9.17, 15) is 4.79 Å². The Balaban J connectivity index is 2.12. The molecule has 2 aliphatic heterocycles. The van der Waals surface area contributed by atoms with Crippen LogP contribution in [0, 0.1) is 5.92 Å². The van der Waals surface area contributed by atoms with Crippen LogP contribution in [0.25, 0.3) is 0 Å². The van der Waals surface area contributed by atoms with Gasteiger partial charge in [-0.05, 0) is 25.7 Å². The highest BCUT2D eigenvalue weighted by atomic mass is 16.5. The first-order valence-electron chi connectivity index (χ1n) is 5.07. The SMILES string of the molecule is CC1C2OCCCC2CC(=O)N1C. The fraction of sp³-hybridized carbons (Fsp3) is 0.900. The third-order valence-electron chi connectivity index (χ3n) is 3.41. The predicted molar refractivity (Wildman–Crippen MR) is 49.3 cm³/mol. The van der Waals surface area contributed by atoms with Gasteiger partial charge in [-0.2, -0.15) is 0 Å². The first-order chi connectivity index (χ1) is 6.20. The highest BCUT2D eigenvalue weighted by Crippen LogP contribution is 2.32. The van der Waals surface area contributed by atoms with E-state index in [1.807, 2.05) is 11.9 Å². The van der Waals surface area contributed by atoms with E-state index in [2.05, 4.69) is 6.92 Å². The minimum Gasteiger partial charge on any atom is -0.376 e. The van der Waals surface area contributed by atoms with Gasteiger partial charge in [0.2, 0.25) is 5.91 Å². The molecule has 2 rings (SSSR count). The number of nitrogens with zero attached hydrogens (tertiary/aromatic N) is 1. The van der Waals surface area contributed by atoms with Crippen molar-refractivity contribution in [3.05, 3.63) is 0 Å². The molecule has 2 aliphatic rings. The molecule has 0 saturated carbocycles. The van der Waals surface area contributed by atoms with Crippen LogP contribution in [0.2, 0.25) is 0 Å². The molecule has 3 atom stereocenters. The van der Waals surface area contributed by atoms with Crippen LogP contribution in [-0.4, -0.2) is 36.6 Å². The summed E-state index contributed by atoms with van der Waals surface area (Å²) in [6.07, 6.45) is 3.25. The van der Waals surface area contributed by atoms with Gasteiger partial charge < -0.3 is 9.64 Å². The molecule has 2 fully saturated rings. The van der Waals surface area contributed by atoms with Gasteiger partial charge in [-0.25, -0.2) is 0 Å². The number of hydrogen-bond donors (Lipinski definition) is 0. The molecule has 0 bridgehead atoms. The number of likely N-dealkylation sites (N-methyl/N-ethyl adjacent to an activating group) is 1. The van der Waals surface area contributed by atoms with Gasteiger partial charge in [-0.15, -0.1) is 0 Å². The zero-order chi connectivity index (χ0) is 9.42. The number of hydrogen-bond acceptors (Lipinski definition) is 2. The summed E-state index contributed by atoms with van der Waals surface area (Å²) < 4.78 is 5.72. The minimum absolute atomic E-state index is 0.256. The lowest BCUT2D eigenvalue weighted by Crippen LogP contribution is -2.54. The molecule has 1 amide bonds. The maximum atomic E-state index is 11.5. The number of fused-ring (bicyclic) bond motifs is 1. The fourth-order valence-corrected chi connectivity index (χ4v) is 2.43. The molecule has 3 heteroatoms. The monoisotopic (exact) mass is 183 g/mol. The van der Waals surface area contributed by atoms with Crippen LogP contribution in [0.1, 0.15) is 26.2 Å². The highest BCUT2D eigenvalue weighted by molar-refractivity contribution is 5.77. The van der Waals surface area contributed by atoms with Gasteiger partial charge >= 0.3 is 0 Å². The van der Waals surface area contributed by atoms with Gasteiger partial charge in [0.05, 0.1) is 12.1 Å². The van der Waals surface area contributed by atoms with Crippen molar-refractivity contribution in [3.63, 3.8) is 0 Å². The van der Waals surface area contributed by atoms with Crippen LogP contribution in [-0.2, 0) is 9.53 Å². The fourth-order valence-electron chi connectivity index (χ4n) is 2.43. The zero-order valence-electron chi connectivity index (χ0n) is 8.32. The number of likely N-dealkylation sites (tertiary alicyclic amines) is 1. The smallest absolute Gasteiger partial charge is 0.223 e. The molecule has 0 N–H and O–H groups in total. The summed E-state index contributed by atoms with van der Waals surface area (Å²) in [4.78, 5) is 13.4. The van der Waals surface area contributed by atoms with Gasteiger partial charge in [0.15, 0.2) is 0 Å². The average molecular weight is 183 g/mol. The Bertz CT molecular complexity index is 215. The molecule has 0 aromatic heterocycles. The second-order valence-electron chi connectivity index (χ2n) is 4.19. The Morgan fingerprint density at radius 2 is 2.31 bits per heavy atom. The van der Waals surface area contributed by atoms with Crippen LogP contribution in [0.3, 0.4) is 0 Å². The third kappa shape index (κ3) is 1.46. The molecule has 3 unspecified atom stereocenters. The summed E-state index contributed by atoms with van der Waals surface area (Å²) in [6.45, 7) is 2.95. The van der Waals surface area contributed by atoms with Crippen molar-refractivity contribution in [1.82, 2.24) is 4.90 Å². The number of amides is 1. The molecule has 74 valence electrons. The third-order valence-corrected chi connectivity index (χ3v) is 3.41. The second-order valence-corrected chi connectivity index (χ2v) is 4.19. The lowest BCUT2D eigenvalue weighted by molar-refractivity contribution is -0.152. The molecule has 3 nitrogen and oxygen atoms in total. The van der Waals surface area contributed by atoms with Crippen molar-refractivity contribution in [2.75, 3.05) is 13.7 Å². The Morgan fingerprint density at radius 1 is 1.54 bits per heavy atom. The molecule has 0 radical (unpaired) electrons. The Morgan fingerprint density at radius 3 is 3.08 bits per heavy atom. The van der Waals surface area contributed by atoms with E-state index in [-0.39, 0.29) is 18.1 Å². The van der Waals surface area contributed by atoms with Gasteiger partial charge in [0.1, 0.15) is 0 Å². The maximum Gasteiger partial charge on any atom is 0.223 e. The number of piperidine rings is 1. The first-order valence-corrected chi connectivity index (χ1v) is 5.07. The summed E-state index contributed by atoms with van der Waals surface area (Å²) in [5.41, 5.74) is 0. The minimum atomic E-state index is 0.256. The van der Waals surface area contributed by atoms with E-state index >= 15 is 0 Å². The molecule has 0 aromatic carbocycles. The lowest BCUT2D eigenvalue weighted by atomic mass is 9.83. The van der Waals surface area contributed by atoms with Crippen molar-refractivity contribution in [2.45, 2.75) is 38.3 Å². The number of carbonyl (C=O) groups is 1. The predicted octanol–water partition coefficient (Wildman–Crippen LogP) is 1.03. The highest BCUT2D eigenvalue weighted by Gasteiger charge is 2.39. The van der Waals surface area contributed by atoms with Gasteiger partial charge in [-0.3, -0.25) is 4.79 Å². The van der Waals surface area contributed by atoms with Gasteiger partial charge in [0.25, 0.3) is 0 Å². The van der Waals surface area contributed by atoms with E-state index in [0.717, 1.165) is 19.4 Å². The van der Waals surface area contributed by atoms with Crippen molar-refractivity contribution >= 4 is 5.91 Å². The second kappa shape index (κ2) is 3.29. The zero-order valence-corrected chi connectivity index (χ0v) is 8.32. The van der Waals surface area contributed by atoms with Crippen molar-refractivity contribution in [3.8, 4) is 0 Å². The summed E-state index contributed by atoms with van der Waals surface area (Å²) in [7, 11) is 1.88. The molecule has 2 saturated heterocycles. The Labute approximate surface area is 79.0 Å². The maximum absolute atomic E-state index is 11.5. The van der Waals surface area contributed by atoms with Crippen LogP contribution < -0.4 is 0 Å². The van der Waals surface area contributed by atoms with Gasteiger partial charge in [0, 0.05) is 20.1 Å². The van der Waals surface area contributed by atoms with E-state index < -0.39 is 0 Å². The molecule has 0 aliphatic carbocycles. The van der Waals surface area contributed by atoms with Gasteiger partial charge in [-0.1, -0.05) is 0 Å². The molecule has 0 spiro atoms. The summed E-state index contributed by atoms with van der Waals surface area (Å²) in [5, 5.41) is 0. The molecule has 2 heterocycles. The van der Waals surface area contributed by atoms with E-state index in [1.54, 1.807) is 0 Å². The standard InChI is InChI=1S/C10H17NO2/c1-7-10-8(4-3-5-13-10)6-9(12)11(7)2/h7-8,10H,3-6H2,1-2H3. The molecule has 0 aromatic rings. The van der Waals surface area contributed by atoms with Crippen LogP contribution >= 0.6 is 0 Å². The van der Waals surface area contributed by atoms with Crippen molar-refractivity contribution in [1.29, 1.82) is 0 Å². The molecule has 13 heavy (non-hydrogen) atoms. The molecular formula is C10H17NO2. The lowest BCUT2D eigenvalue weighted by Gasteiger charge is -2.44. The van der Waals surface area contributed by atoms with Crippen LogP contribution in [0.4, 0.5) is 0 Å². The van der Waals surface area contributed by atoms with Crippen molar-refractivity contribution in [2.24, 2.45) is 5.92 Å². The van der Waals surface area contributed by atoms with E-state index in [0.29, 0.717) is 12.3 Å². The Hall–Kier alpha value is -0.570. The Kier molecular flexibility index (Phi) is 2.28. The topological polar surface area (TPSA) is 29.5 Å². The van der Waals surface area contributed by atoms with E-state index in [4.69, 9.17) is 4.74 Å².